The van der Waals surface area contributed by atoms with Gasteiger partial charge in [0, 0.05) is 35.9 Å². The second-order valence-corrected chi connectivity index (χ2v) is 8.28. The Morgan fingerprint density at radius 1 is 1.23 bits per heavy atom. The summed E-state index contributed by atoms with van der Waals surface area (Å²) >= 11 is 3.13. The molecular weight excluding hydrogens is 433 g/mol. The maximum atomic E-state index is 13.4. The second kappa shape index (κ2) is 7.48. The molecule has 2 rings (SSSR count). The first-order chi connectivity index (χ1) is 12.0. The number of carbonyl (C=O) groups is 1. The van der Waals surface area contributed by atoms with Gasteiger partial charge in [-0.1, -0.05) is 0 Å². The summed E-state index contributed by atoms with van der Waals surface area (Å²) < 4.78 is 39.2. The number of nitrogens with one attached hydrogen (secondary N) is 1. The average Bonchev–Trinajstić information content (AvgIpc) is 2.56. The number of amides is 1. The van der Waals surface area contributed by atoms with Crippen LogP contribution in [0.2, 0.25) is 0 Å². The summed E-state index contributed by atoms with van der Waals surface area (Å²) in [6.45, 7) is 0. The van der Waals surface area contributed by atoms with Crippen molar-refractivity contribution in [3.8, 4) is 0 Å². The largest absolute Gasteiger partial charge is 0.322 e. The number of rotatable bonds is 5. The van der Waals surface area contributed by atoms with Crippen LogP contribution < -0.4 is 5.32 Å². The van der Waals surface area contributed by atoms with Crippen LogP contribution in [-0.4, -0.2) is 37.6 Å². The van der Waals surface area contributed by atoms with Crippen LogP contribution in [0.25, 0.3) is 0 Å². The fourth-order valence-electron chi connectivity index (χ4n) is 1.97. The third-order valence-electron chi connectivity index (χ3n) is 3.35. The first-order valence-corrected chi connectivity index (χ1v) is 9.24. The van der Waals surface area contributed by atoms with Crippen molar-refractivity contribution in [2.24, 2.45) is 0 Å². The summed E-state index contributed by atoms with van der Waals surface area (Å²) in [5, 5.41) is 13.1. The minimum atomic E-state index is -3.79. The topological polar surface area (TPSA) is 110 Å². The zero-order chi connectivity index (χ0) is 19.6. The number of benzene rings is 2. The van der Waals surface area contributed by atoms with E-state index in [4.69, 9.17) is 0 Å². The van der Waals surface area contributed by atoms with Crippen molar-refractivity contribution in [2.45, 2.75) is 4.90 Å². The molecule has 11 heteroatoms. The third-order valence-corrected chi connectivity index (χ3v) is 6.16. The molecule has 26 heavy (non-hydrogen) atoms. The van der Waals surface area contributed by atoms with Gasteiger partial charge < -0.3 is 5.32 Å². The number of sulfonamides is 1. The summed E-state index contributed by atoms with van der Waals surface area (Å²) in [4.78, 5) is 22.1. The van der Waals surface area contributed by atoms with E-state index in [2.05, 4.69) is 21.2 Å². The van der Waals surface area contributed by atoms with Crippen molar-refractivity contribution in [3.63, 3.8) is 0 Å². The van der Waals surface area contributed by atoms with Crippen molar-refractivity contribution in [2.75, 3.05) is 19.4 Å². The van der Waals surface area contributed by atoms with Gasteiger partial charge in [-0.25, -0.2) is 12.7 Å². The van der Waals surface area contributed by atoms with E-state index in [0.717, 1.165) is 22.5 Å². The van der Waals surface area contributed by atoms with Gasteiger partial charge in [0.25, 0.3) is 5.91 Å². The molecule has 0 saturated heterocycles. The molecule has 0 aromatic heterocycles. The molecule has 1 N–H and O–H groups in total. The predicted octanol–water partition coefficient (Wildman–Crippen LogP) is 3.00. The number of nitrogens with zero attached hydrogens (tertiary/aromatic N) is 2. The van der Waals surface area contributed by atoms with Gasteiger partial charge in [-0.15, -0.1) is 0 Å². The first-order valence-electron chi connectivity index (χ1n) is 7.01. The number of anilines is 1. The smallest absolute Gasteiger partial charge is 0.306 e. The Balaban J connectivity index is 2.37. The zero-order valence-electron chi connectivity index (χ0n) is 13.6. The molecule has 0 atom stereocenters. The number of hydrogen-bond donors (Lipinski definition) is 1. The average molecular weight is 446 g/mol. The summed E-state index contributed by atoms with van der Waals surface area (Å²) in [5.41, 5.74) is -0.766. The molecule has 0 aliphatic rings. The van der Waals surface area contributed by atoms with Crippen LogP contribution in [0.3, 0.4) is 0 Å². The van der Waals surface area contributed by atoms with Gasteiger partial charge in [0.15, 0.2) is 0 Å². The van der Waals surface area contributed by atoms with Gasteiger partial charge in [0.05, 0.1) is 9.82 Å². The van der Waals surface area contributed by atoms with Gasteiger partial charge in [-0.2, -0.15) is 4.39 Å². The number of nitro benzene ring substituents is 1. The number of nitro groups is 1. The van der Waals surface area contributed by atoms with E-state index in [-0.39, 0.29) is 20.6 Å². The molecule has 2 aromatic carbocycles. The minimum Gasteiger partial charge on any atom is -0.322 e. The summed E-state index contributed by atoms with van der Waals surface area (Å²) in [6.07, 6.45) is 0. The van der Waals surface area contributed by atoms with Crippen LogP contribution >= 0.6 is 15.9 Å². The Morgan fingerprint density at radius 2 is 1.88 bits per heavy atom. The number of carbonyl (C=O) groups excluding carboxylic acids is 1. The summed E-state index contributed by atoms with van der Waals surface area (Å²) in [5.74, 6) is -1.73. The van der Waals surface area contributed by atoms with Crippen LogP contribution in [0.1, 0.15) is 10.4 Å². The highest BCUT2D eigenvalue weighted by molar-refractivity contribution is 9.10. The summed E-state index contributed by atoms with van der Waals surface area (Å²) in [7, 11) is -1.09. The van der Waals surface area contributed by atoms with Crippen LogP contribution in [0.15, 0.2) is 45.8 Å². The zero-order valence-corrected chi connectivity index (χ0v) is 16.0. The Morgan fingerprint density at radius 3 is 2.46 bits per heavy atom. The van der Waals surface area contributed by atoms with Crippen molar-refractivity contribution < 1.29 is 22.5 Å². The monoisotopic (exact) mass is 445 g/mol. The Kier molecular flexibility index (Phi) is 5.74. The quantitative estimate of drug-likeness (QED) is 0.561. The second-order valence-electron chi connectivity index (χ2n) is 5.31. The van der Waals surface area contributed by atoms with Gasteiger partial charge in [-0.05, 0) is 46.3 Å². The molecular formula is C15H13BrFN3O5S. The molecule has 1 amide bonds. The van der Waals surface area contributed by atoms with Crippen LogP contribution in [0.4, 0.5) is 15.8 Å². The van der Waals surface area contributed by atoms with Crippen molar-refractivity contribution in [1.29, 1.82) is 0 Å². The molecule has 0 heterocycles. The van der Waals surface area contributed by atoms with Gasteiger partial charge in [0.1, 0.15) is 0 Å². The molecule has 8 nitrogen and oxygen atoms in total. The fraction of sp³-hybridized carbons (Fsp3) is 0.133. The first kappa shape index (κ1) is 19.9. The molecule has 0 bridgehead atoms. The van der Waals surface area contributed by atoms with E-state index in [1.54, 1.807) is 0 Å². The van der Waals surface area contributed by atoms with Crippen molar-refractivity contribution in [1.82, 2.24) is 4.31 Å². The van der Waals surface area contributed by atoms with E-state index < -0.39 is 32.4 Å². The van der Waals surface area contributed by atoms with Gasteiger partial charge in [-0.3, -0.25) is 14.9 Å². The Hall–Kier alpha value is -2.37. The molecule has 0 spiro atoms. The van der Waals surface area contributed by atoms with E-state index in [9.17, 15) is 27.7 Å². The number of halogens is 2. The normalized spacial score (nSPS) is 11.4. The molecule has 0 radical (unpaired) electrons. The van der Waals surface area contributed by atoms with Gasteiger partial charge in [0.2, 0.25) is 15.8 Å². The van der Waals surface area contributed by atoms with E-state index >= 15 is 0 Å². The molecule has 0 aliphatic carbocycles. The lowest BCUT2D eigenvalue weighted by atomic mass is 10.2. The molecule has 0 saturated carbocycles. The predicted molar refractivity (Wildman–Crippen MR) is 96.0 cm³/mol. The van der Waals surface area contributed by atoms with Crippen molar-refractivity contribution >= 4 is 43.2 Å². The maximum absolute atomic E-state index is 13.4. The Bertz CT molecular complexity index is 995. The SMILES string of the molecule is CN(C)S(=O)(=O)c1cc(C(=O)Nc2ccc(F)c([N+](=O)[O-])c2)ccc1Br. The van der Waals surface area contributed by atoms with Crippen LogP contribution in [0.5, 0.6) is 0 Å². The maximum Gasteiger partial charge on any atom is 0.306 e. The lowest BCUT2D eigenvalue weighted by Crippen LogP contribution is -2.23. The lowest BCUT2D eigenvalue weighted by molar-refractivity contribution is -0.387. The molecule has 0 aliphatic heterocycles. The molecule has 0 unspecified atom stereocenters. The van der Waals surface area contributed by atoms with Crippen LogP contribution in [-0.2, 0) is 10.0 Å². The van der Waals surface area contributed by atoms with Crippen molar-refractivity contribution in [3.05, 3.63) is 62.4 Å². The fourth-order valence-corrected chi connectivity index (χ4v) is 3.82. The minimum absolute atomic E-state index is 0.00281. The molecule has 0 fully saturated rings. The summed E-state index contributed by atoms with van der Waals surface area (Å²) in [6, 6.07) is 6.86. The molecule has 2 aromatic rings. The van der Waals surface area contributed by atoms with Crippen LogP contribution in [0, 0.1) is 15.9 Å². The Labute approximate surface area is 157 Å². The van der Waals surface area contributed by atoms with E-state index in [1.165, 1.54) is 32.3 Å². The highest BCUT2D eigenvalue weighted by Gasteiger charge is 2.22. The molecule has 138 valence electrons. The number of hydrogen-bond acceptors (Lipinski definition) is 5. The highest BCUT2D eigenvalue weighted by atomic mass is 79.9. The van der Waals surface area contributed by atoms with E-state index in [1.807, 2.05) is 0 Å². The van der Waals surface area contributed by atoms with E-state index in [0.29, 0.717) is 0 Å². The standard InChI is InChI=1S/C15H13BrFN3O5S/c1-19(2)26(24,25)14-7-9(3-5-11(14)16)15(21)18-10-4-6-12(17)13(8-10)20(22)23/h3-8H,1-2H3,(H,18,21). The van der Waals surface area contributed by atoms with Gasteiger partial charge >= 0.3 is 5.69 Å². The highest BCUT2D eigenvalue weighted by Crippen LogP contribution is 2.26. The lowest BCUT2D eigenvalue weighted by Gasteiger charge is -2.14. The third kappa shape index (κ3) is 4.06.